The normalized spacial score (nSPS) is 15.9. The van der Waals surface area contributed by atoms with E-state index in [2.05, 4.69) is 16.2 Å². The number of rotatable bonds is 3. The van der Waals surface area contributed by atoms with Crippen LogP contribution >= 0.6 is 0 Å². The van der Waals surface area contributed by atoms with Crippen molar-refractivity contribution < 1.29 is 14.4 Å². The maximum absolute atomic E-state index is 11.6. The Labute approximate surface area is 113 Å². The minimum Gasteiger partial charge on any atom is -0.346 e. The van der Waals surface area contributed by atoms with E-state index in [1.165, 1.54) is 19.3 Å². The molecule has 1 aliphatic carbocycles. The molecule has 19 heavy (non-hydrogen) atoms. The molecule has 0 unspecified atom stereocenters. The topological polar surface area (TPSA) is 87.3 Å². The Hall–Kier alpha value is -1.59. The second-order valence-corrected chi connectivity index (χ2v) is 5.34. The fraction of sp³-hybridized carbons (Fsp3) is 0.769. The lowest BCUT2D eigenvalue weighted by Gasteiger charge is -2.20. The average Bonchev–Trinajstić information content (AvgIpc) is 2.36. The van der Waals surface area contributed by atoms with Crippen molar-refractivity contribution >= 4 is 17.7 Å². The summed E-state index contributed by atoms with van der Waals surface area (Å²) < 4.78 is 0. The van der Waals surface area contributed by atoms with E-state index < -0.39 is 11.8 Å². The van der Waals surface area contributed by atoms with Crippen molar-refractivity contribution in [3.8, 4) is 0 Å². The molecule has 6 heteroatoms. The van der Waals surface area contributed by atoms with Gasteiger partial charge in [-0.1, -0.05) is 19.3 Å². The van der Waals surface area contributed by atoms with Gasteiger partial charge in [-0.15, -0.1) is 0 Å². The Morgan fingerprint density at radius 2 is 1.63 bits per heavy atom. The molecule has 6 nitrogen and oxygen atoms in total. The van der Waals surface area contributed by atoms with E-state index >= 15 is 0 Å². The SMILES string of the molecule is CC(C)NC(=O)C(=O)NNC(=O)CC1CCCCC1. The second kappa shape index (κ2) is 7.76. The largest absolute Gasteiger partial charge is 0.346 e. The highest BCUT2D eigenvalue weighted by molar-refractivity contribution is 6.35. The van der Waals surface area contributed by atoms with Crippen molar-refractivity contribution in [2.75, 3.05) is 0 Å². The summed E-state index contributed by atoms with van der Waals surface area (Å²) in [5.74, 6) is -1.42. The summed E-state index contributed by atoms with van der Waals surface area (Å²) in [7, 11) is 0. The molecule has 0 aliphatic heterocycles. The van der Waals surface area contributed by atoms with Crippen LogP contribution in [0.1, 0.15) is 52.4 Å². The van der Waals surface area contributed by atoms with Gasteiger partial charge in [-0.2, -0.15) is 0 Å². The van der Waals surface area contributed by atoms with Crippen LogP contribution in [0.25, 0.3) is 0 Å². The van der Waals surface area contributed by atoms with E-state index in [4.69, 9.17) is 0 Å². The first-order valence-corrected chi connectivity index (χ1v) is 6.88. The van der Waals surface area contributed by atoms with E-state index in [0.717, 1.165) is 12.8 Å². The summed E-state index contributed by atoms with van der Waals surface area (Å²) in [6, 6.07) is -0.115. The van der Waals surface area contributed by atoms with Gasteiger partial charge < -0.3 is 5.32 Å². The van der Waals surface area contributed by atoms with Gasteiger partial charge in [0.15, 0.2) is 0 Å². The van der Waals surface area contributed by atoms with Crippen molar-refractivity contribution in [3.05, 3.63) is 0 Å². The highest BCUT2D eigenvalue weighted by Gasteiger charge is 2.18. The lowest BCUT2D eigenvalue weighted by atomic mass is 9.87. The highest BCUT2D eigenvalue weighted by Crippen LogP contribution is 2.25. The van der Waals surface area contributed by atoms with Crippen molar-refractivity contribution in [3.63, 3.8) is 0 Å². The average molecular weight is 269 g/mol. The van der Waals surface area contributed by atoms with Gasteiger partial charge in [0.1, 0.15) is 0 Å². The lowest BCUT2D eigenvalue weighted by Crippen LogP contribution is -2.50. The van der Waals surface area contributed by atoms with E-state index in [1.54, 1.807) is 13.8 Å². The summed E-state index contributed by atoms with van der Waals surface area (Å²) in [5.41, 5.74) is 4.41. The van der Waals surface area contributed by atoms with E-state index in [9.17, 15) is 14.4 Å². The van der Waals surface area contributed by atoms with Crippen LogP contribution in [0.2, 0.25) is 0 Å². The molecule has 0 atom stereocenters. The van der Waals surface area contributed by atoms with E-state index in [0.29, 0.717) is 12.3 Å². The van der Waals surface area contributed by atoms with Gasteiger partial charge in [0.2, 0.25) is 5.91 Å². The van der Waals surface area contributed by atoms with Crippen molar-refractivity contribution in [2.45, 2.75) is 58.4 Å². The Kier molecular flexibility index (Phi) is 6.32. The van der Waals surface area contributed by atoms with Gasteiger partial charge in [-0.3, -0.25) is 25.2 Å². The number of hydrogen-bond acceptors (Lipinski definition) is 3. The zero-order valence-electron chi connectivity index (χ0n) is 11.6. The zero-order valence-corrected chi connectivity index (χ0v) is 11.6. The highest BCUT2D eigenvalue weighted by atomic mass is 16.2. The molecule has 1 fully saturated rings. The van der Waals surface area contributed by atoms with Gasteiger partial charge in [0.25, 0.3) is 0 Å². The van der Waals surface area contributed by atoms with Crippen LogP contribution in [-0.2, 0) is 14.4 Å². The van der Waals surface area contributed by atoms with Crippen LogP contribution in [0.5, 0.6) is 0 Å². The maximum atomic E-state index is 11.6. The minimum atomic E-state index is -0.842. The van der Waals surface area contributed by atoms with Crippen molar-refractivity contribution in [2.24, 2.45) is 5.92 Å². The Morgan fingerprint density at radius 3 is 2.21 bits per heavy atom. The summed E-state index contributed by atoms with van der Waals surface area (Å²) in [4.78, 5) is 34.2. The summed E-state index contributed by atoms with van der Waals surface area (Å²) in [5, 5.41) is 2.45. The van der Waals surface area contributed by atoms with Crippen LogP contribution in [0.4, 0.5) is 0 Å². The first-order chi connectivity index (χ1) is 8.99. The molecule has 0 radical (unpaired) electrons. The molecule has 1 saturated carbocycles. The number of carbonyl (C=O) groups is 3. The van der Waals surface area contributed by atoms with Gasteiger partial charge in [-0.25, -0.2) is 0 Å². The molecule has 1 rings (SSSR count). The first-order valence-electron chi connectivity index (χ1n) is 6.88. The summed E-state index contributed by atoms with van der Waals surface area (Å²) in [6.07, 6.45) is 6.11. The Bertz CT molecular complexity index is 336. The molecule has 1 aliphatic rings. The van der Waals surface area contributed by atoms with Gasteiger partial charge in [0.05, 0.1) is 0 Å². The van der Waals surface area contributed by atoms with Crippen LogP contribution in [-0.4, -0.2) is 23.8 Å². The summed E-state index contributed by atoms with van der Waals surface area (Å²) >= 11 is 0. The number of hydrazine groups is 1. The zero-order chi connectivity index (χ0) is 14.3. The minimum absolute atomic E-state index is 0.115. The number of carbonyl (C=O) groups excluding carboxylic acids is 3. The maximum Gasteiger partial charge on any atom is 0.327 e. The van der Waals surface area contributed by atoms with Crippen LogP contribution < -0.4 is 16.2 Å². The first kappa shape index (κ1) is 15.5. The standard InChI is InChI=1S/C13H23N3O3/c1-9(2)14-12(18)13(19)16-15-11(17)8-10-6-4-3-5-7-10/h9-10H,3-8H2,1-2H3,(H,14,18)(H,15,17)(H,16,19). The third kappa shape index (κ3) is 6.22. The fourth-order valence-electron chi connectivity index (χ4n) is 2.22. The second-order valence-electron chi connectivity index (χ2n) is 5.34. The van der Waals surface area contributed by atoms with Crippen LogP contribution in [0.3, 0.4) is 0 Å². The smallest absolute Gasteiger partial charge is 0.327 e. The predicted molar refractivity (Wildman–Crippen MR) is 70.8 cm³/mol. The van der Waals surface area contributed by atoms with Crippen molar-refractivity contribution in [1.82, 2.24) is 16.2 Å². The molecule has 0 aromatic heterocycles. The molecule has 108 valence electrons. The molecule has 0 aromatic rings. The number of nitrogens with one attached hydrogen (secondary N) is 3. The van der Waals surface area contributed by atoms with Gasteiger partial charge in [0, 0.05) is 12.5 Å². The molecular weight excluding hydrogens is 246 g/mol. The number of amides is 3. The molecule has 0 aromatic carbocycles. The molecule has 3 amide bonds. The number of hydrogen-bond donors (Lipinski definition) is 3. The fourth-order valence-corrected chi connectivity index (χ4v) is 2.22. The molecular formula is C13H23N3O3. The molecule has 0 saturated heterocycles. The van der Waals surface area contributed by atoms with Crippen LogP contribution in [0, 0.1) is 5.92 Å². The Balaban J connectivity index is 2.21. The predicted octanol–water partition coefficient (Wildman–Crippen LogP) is 0.629. The lowest BCUT2D eigenvalue weighted by molar-refractivity contribution is -0.141. The van der Waals surface area contributed by atoms with Crippen LogP contribution in [0.15, 0.2) is 0 Å². The molecule has 3 N–H and O–H groups in total. The molecule has 0 spiro atoms. The third-order valence-electron chi connectivity index (χ3n) is 3.14. The van der Waals surface area contributed by atoms with Crippen molar-refractivity contribution in [1.29, 1.82) is 0 Å². The summed E-state index contributed by atoms with van der Waals surface area (Å²) in [6.45, 7) is 3.51. The molecule has 0 bridgehead atoms. The quantitative estimate of drug-likeness (QED) is 0.518. The van der Waals surface area contributed by atoms with E-state index in [-0.39, 0.29) is 11.9 Å². The van der Waals surface area contributed by atoms with Gasteiger partial charge in [-0.05, 0) is 32.6 Å². The monoisotopic (exact) mass is 269 g/mol. The van der Waals surface area contributed by atoms with E-state index in [1.807, 2.05) is 0 Å². The molecule has 0 heterocycles. The van der Waals surface area contributed by atoms with Gasteiger partial charge >= 0.3 is 11.8 Å². The third-order valence-corrected chi connectivity index (χ3v) is 3.14. The Morgan fingerprint density at radius 1 is 1.00 bits per heavy atom.